The summed E-state index contributed by atoms with van der Waals surface area (Å²) in [4.78, 5) is 30.5. The predicted molar refractivity (Wildman–Crippen MR) is 100 cm³/mol. The van der Waals surface area contributed by atoms with E-state index in [1.807, 2.05) is 15.9 Å². The maximum absolute atomic E-state index is 12.8. The van der Waals surface area contributed by atoms with Gasteiger partial charge in [-0.15, -0.1) is 11.3 Å². The zero-order chi connectivity index (χ0) is 18.4. The van der Waals surface area contributed by atoms with Gasteiger partial charge in [0.2, 0.25) is 12.7 Å². The molecule has 3 aliphatic rings. The number of nitrogens with zero attached hydrogens (tertiary/aromatic N) is 2. The molecule has 0 bridgehead atoms. The first-order valence-corrected chi connectivity index (χ1v) is 10.1. The molecular weight excluding hydrogens is 364 g/mol. The molecule has 27 heavy (non-hydrogen) atoms. The number of rotatable bonds is 3. The highest BCUT2D eigenvalue weighted by Gasteiger charge is 2.46. The number of thiophene rings is 1. The fourth-order valence-electron chi connectivity index (χ4n) is 3.86. The third-order valence-corrected chi connectivity index (χ3v) is 6.52. The standard InChI is InChI=1S/C20H20N2O4S/c23-19(13-3-4-16-17(10-13)26-12-25-16)21-5-7-22(8-6-21)20(24)15-11-14(15)18-2-1-9-27-18/h1-4,9-10,14-15H,5-8,11-12H2/t14?,15-/m1/s1. The second-order valence-corrected chi connectivity index (χ2v) is 8.13. The Balaban J connectivity index is 1.18. The number of benzene rings is 1. The predicted octanol–water partition coefficient (Wildman–Crippen LogP) is 2.56. The summed E-state index contributed by atoms with van der Waals surface area (Å²) in [5.74, 6) is 2.02. The SMILES string of the molecule is O=C(c1ccc2c(c1)OCO2)N1CCN(C(=O)[C@@H]2CC2c2cccs2)CC1. The topological polar surface area (TPSA) is 59.1 Å². The Morgan fingerprint density at radius 2 is 1.78 bits per heavy atom. The molecule has 2 aliphatic heterocycles. The summed E-state index contributed by atoms with van der Waals surface area (Å²) in [6, 6.07) is 9.43. The van der Waals surface area contributed by atoms with E-state index in [-0.39, 0.29) is 24.5 Å². The molecule has 1 saturated carbocycles. The number of carbonyl (C=O) groups excluding carboxylic acids is 2. The first kappa shape index (κ1) is 16.6. The molecule has 1 saturated heterocycles. The molecule has 2 atom stereocenters. The van der Waals surface area contributed by atoms with Crippen LogP contribution < -0.4 is 9.47 Å². The van der Waals surface area contributed by atoms with Gasteiger partial charge in [0, 0.05) is 48.5 Å². The summed E-state index contributed by atoms with van der Waals surface area (Å²) in [5, 5.41) is 2.07. The van der Waals surface area contributed by atoms with E-state index in [1.54, 1.807) is 29.5 Å². The second-order valence-electron chi connectivity index (χ2n) is 7.15. The molecule has 3 heterocycles. The van der Waals surface area contributed by atoms with Crippen LogP contribution in [0.15, 0.2) is 35.7 Å². The Morgan fingerprint density at radius 3 is 2.56 bits per heavy atom. The number of piperazine rings is 1. The van der Waals surface area contributed by atoms with E-state index in [9.17, 15) is 9.59 Å². The van der Waals surface area contributed by atoms with E-state index in [4.69, 9.17) is 9.47 Å². The third kappa shape index (κ3) is 3.06. The summed E-state index contributed by atoms with van der Waals surface area (Å²) in [5.41, 5.74) is 0.596. The Morgan fingerprint density at radius 1 is 1.00 bits per heavy atom. The van der Waals surface area contributed by atoms with Crippen molar-refractivity contribution in [3.05, 3.63) is 46.2 Å². The van der Waals surface area contributed by atoms with Gasteiger partial charge in [0.1, 0.15) is 0 Å². The molecule has 2 aromatic rings. The zero-order valence-electron chi connectivity index (χ0n) is 14.8. The first-order chi connectivity index (χ1) is 13.2. The molecule has 1 unspecified atom stereocenters. The van der Waals surface area contributed by atoms with Crippen molar-refractivity contribution >= 4 is 23.2 Å². The van der Waals surface area contributed by atoms with Crippen molar-refractivity contribution in [1.82, 2.24) is 9.80 Å². The first-order valence-electron chi connectivity index (χ1n) is 9.22. The van der Waals surface area contributed by atoms with E-state index < -0.39 is 0 Å². The van der Waals surface area contributed by atoms with Gasteiger partial charge >= 0.3 is 0 Å². The van der Waals surface area contributed by atoms with Gasteiger partial charge in [-0.2, -0.15) is 0 Å². The molecule has 2 fully saturated rings. The van der Waals surface area contributed by atoms with Crippen LogP contribution in [0.5, 0.6) is 11.5 Å². The van der Waals surface area contributed by atoms with Gasteiger partial charge in [-0.25, -0.2) is 0 Å². The molecular formula is C20H20N2O4S. The Bertz CT molecular complexity index is 874. The Hall–Kier alpha value is -2.54. The van der Waals surface area contributed by atoms with Crippen molar-refractivity contribution in [2.75, 3.05) is 33.0 Å². The Kier molecular flexibility index (Phi) is 4.04. The maximum atomic E-state index is 12.8. The van der Waals surface area contributed by atoms with Crippen molar-refractivity contribution in [2.45, 2.75) is 12.3 Å². The fourth-order valence-corrected chi connectivity index (χ4v) is 4.77. The minimum Gasteiger partial charge on any atom is -0.454 e. The van der Waals surface area contributed by atoms with Crippen molar-refractivity contribution in [2.24, 2.45) is 5.92 Å². The molecule has 0 N–H and O–H groups in total. The number of carbonyl (C=O) groups is 2. The average molecular weight is 384 g/mol. The second kappa shape index (κ2) is 6.56. The summed E-state index contributed by atoms with van der Waals surface area (Å²) >= 11 is 1.73. The molecule has 0 radical (unpaired) electrons. The minimum atomic E-state index is -0.0247. The lowest BCUT2D eigenvalue weighted by Crippen LogP contribution is -2.51. The molecule has 6 nitrogen and oxygen atoms in total. The summed E-state index contributed by atoms with van der Waals surface area (Å²) in [7, 11) is 0. The van der Waals surface area contributed by atoms with Gasteiger partial charge in [-0.05, 0) is 36.1 Å². The van der Waals surface area contributed by atoms with Gasteiger partial charge < -0.3 is 19.3 Å². The Labute approximate surface area is 161 Å². The van der Waals surface area contributed by atoms with Gasteiger partial charge in [-0.3, -0.25) is 9.59 Å². The molecule has 5 rings (SSSR count). The number of hydrogen-bond donors (Lipinski definition) is 0. The highest BCUT2D eigenvalue weighted by Crippen LogP contribution is 2.50. The lowest BCUT2D eigenvalue weighted by molar-refractivity contribution is -0.134. The lowest BCUT2D eigenvalue weighted by Gasteiger charge is -2.35. The summed E-state index contributed by atoms with van der Waals surface area (Å²) in [6.45, 7) is 2.53. The van der Waals surface area contributed by atoms with E-state index in [2.05, 4.69) is 11.4 Å². The van der Waals surface area contributed by atoms with Crippen LogP contribution in [0.25, 0.3) is 0 Å². The van der Waals surface area contributed by atoms with Crippen LogP contribution in [0.4, 0.5) is 0 Å². The van der Waals surface area contributed by atoms with Crippen molar-refractivity contribution in [1.29, 1.82) is 0 Å². The van der Waals surface area contributed by atoms with Gasteiger partial charge in [0.25, 0.3) is 5.91 Å². The normalized spacial score (nSPS) is 23.4. The van der Waals surface area contributed by atoms with Crippen LogP contribution in [0.3, 0.4) is 0 Å². The van der Waals surface area contributed by atoms with E-state index in [1.165, 1.54) is 4.88 Å². The monoisotopic (exact) mass is 384 g/mol. The van der Waals surface area contributed by atoms with Gasteiger partial charge in [0.05, 0.1) is 0 Å². The lowest BCUT2D eigenvalue weighted by atomic mass is 10.1. The van der Waals surface area contributed by atoms with Crippen LogP contribution in [0, 0.1) is 5.92 Å². The highest BCUT2D eigenvalue weighted by atomic mass is 32.1. The van der Waals surface area contributed by atoms with Crippen molar-refractivity contribution in [3.8, 4) is 11.5 Å². The average Bonchev–Trinajstić information content (AvgIpc) is 3.10. The minimum absolute atomic E-state index is 0.0247. The largest absolute Gasteiger partial charge is 0.454 e. The van der Waals surface area contributed by atoms with Crippen LogP contribution in [-0.4, -0.2) is 54.6 Å². The molecule has 1 aliphatic carbocycles. The number of ether oxygens (including phenoxy) is 2. The molecule has 7 heteroatoms. The van der Waals surface area contributed by atoms with Crippen molar-refractivity contribution in [3.63, 3.8) is 0 Å². The van der Waals surface area contributed by atoms with Crippen LogP contribution in [0.2, 0.25) is 0 Å². The third-order valence-electron chi connectivity index (χ3n) is 5.51. The van der Waals surface area contributed by atoms with Crippen LogP contribution in [-0.2, 0) is 4.79 Å². The van der Waals surface area contributed by atoms with Crippen LogP contribution in [0.1, 0.15) is 27.6 Å². The smallest absolute Gasteiger partial charge is 0.254 e. The molecule has 1 aromatic carbocycles. The van der Waals surface area contributed by atoms with Crippen molar-refractivity contribution < 1.29 is 19.1 Å². The zero-order valence-corrected chi connectivity index (χ0v) is 15.6. The molecule has 140 valence electrons. The summed E-state index contributed by atoms with van der Waals surface area (Å²) < 4.78 is 10.6. The summed E-state index contributed by atoms with van der Waals surface area (Å²) in [6.07, 6.45) is 0.954. The maximum Gasteiger partial charge on any atom is 0.254 e. The molecule has 2 amide bonds. The highest BCUT2D eigenvalue weighted by molar-refractivity contribution is 7.10. The quantitative estimate of drug-likeness (QED) is 0.816. The van der Waals surface area contributed by atoms with E-state index >= 15 is 0 Å². The van der Waals surface area contributed by atoms with E-state index in [0.29, 0.717) is 49.2 Å². The van der Waals surface area contributed by atoms with Gasteiger partial charge in [-0.1, -0.05) is 6.07 Å². The number of amides is 2. The number of hydrogen-bond acceptors (Lipinski definition) is 5. The van der Waals surface area contributed by atoms with E-state index in [0.717, 1.165) is 6.42 Å². The molecule has 0 spiro atoms. The molecule has 1 aromatic heterocycles. The fraction of sp³-hybridized carbons (Fsp3) is 0.400. The van der Waals surface area contributed by atoms with Gasteiger partial charge in [0.15, 0.2) is 11.5 Å². The number of fused-ring (bicyclic) bond motifs is 1. The van der Waals surface area contributed by atoms with Crippen LogP contribution >= 0.6 is 11.3 Å².